The van der Waals surface area contributed by atoms with Gasteiger partial charge in [-0.25, -0.2) is 0 Å². The molecule has 6 rings (SSSR count). The van der Waals surface area contributed by atoms with E-state index in [-0.39, 0.29) is 23.6 Å². The molecule has 0 fully saturated rings. The Morgan fingerprint density at radius 2 is 1.77 bits per heavy atom. The molecular weight excluding hydrogens is 494 g/mol. The standard InChI is InChI=1S/C30H21N5O4/c36-27-15-28(37)29-23-12-19-2-1-3-26(22(19)13-20-16-32-17-25(20)23)34-5-4-31-8-9-38-10-11-39-18-21-14-24(27)30(29)35-7-6-33-21/h1,3-14,16-18,31H,2,15H2/b5-4-,9-8-,11-10-,21-18?,24-14+,33-6-,34-26-,35-7+. The Morgan fingerprint density at radius 1 is 0.872 bits per heavy atom. The van der Waals surface area contributed by atoms with E-state index in [1.165, 1.54) is 37.5 Å². The molecule has 0 saturated heterocycles. The van der Waals surface area contributed by atoms with Crippen molar-refractivity contribution >= 4 is 35.3 Å². The Kier molecular flexibility index (Phi) is 6.45. The molecule has 0 radical (unpaired) electrons. The highest BCUT2D eigenvalue weighted by Crippen LogP contribution is 2.40. The topological polar surface area (TPSA) is 115 Å². The normalized spacial score (nSPS) is 25.3. The summed E-state index contributed by atoms with van der Waals surface area (Å²) >= 11 is 0. The van der Waals surface area contributed by atoms with E-state index in [1.54, 1.807) is 37.1 Å². The maximum absolute atomic E-state index is 13.5. The van der Waals surface area contributed by atoms with Crippen molar-refractivity contribution in [2.45, 2.75) is 12.8 Å². The fourth-order valence-electron chi connectivity index (χ4n) is 4.65. The Bertz CT molecular complexity index is 1660. The Hall–Kier alpha value is -5.44. The number of nitrogens with one attached hydrogen (secondary N) is 1. The van der Waals surface area contributed by atoms with Gasteiger partial charge in [0, 0.05) is 65.7 Å². The van der Waals surface area contributed by atoms with Crippen molar-refractivity contribution in [3.63, 3.8) is 0 Å². The molecule has 0 atom stereocenters. The van der Waals surface area contributed by atoms with Gasteiger partial charge in [-0.2, -0.15) is 0 Å². The molecule has 39 heavy (non-hydrogen) atoms. The van der Waals surface area contributed by atoms with Gasteiger partial charge in [-0.3, -0.25) is 29.6 Å². The third-order valence-corrected chi connectivity index (χ3v) is 6.35. The maximum atomic E-state index is 13.5. The summed E-state index contributed by atoms with van der Waals surface area (Å²) in [4.78, 5) is 44.4. The highest BCUT2D eigenvalue weighted by Gasteiger charge is 2.33. The number of fused-ring (bicyclic) bond motifs is 5. The minimum Gasteiger partial charge on any atom is -0.468 e. The number of rotatable bonds is 0. The quantitative estimate of drug-likeness (QED) is 0.523. The predicted molar refractivity (Wildman–Crippen MR) is 148 cm³/mol. The second-order valence-electron chi connectivity index (χ2n) is 8.77. The molecular formula is C30H21N5O4. The number of ether oxygens (including phenoxy) is 2. The van der Waals surface area contributed by atoms with Gasteiger partial charge in [0.05, 0.1) is 29.1 Å². The van der Waals surface area contributed by atoms with Crippen molar-refractivity contribution in [2.75, 3.05) is 0 Å². The number of carbonyl (C=O) groups excluding carboxylic acids is 2. The number of ketones is 2. The molecule has 9 heteroatoms. The minimum atomic E-state index is -0.336. The van der Waals surface area contributed by atoms with E-state index >= 15 is 0 Å². The van der Waals surface area contributed by atoms with Gasteiger partial charge in [0.25, 0.3) is 0 Å². The lowest BCUT2D eigenvalue weighted by Gasteiger charge is -2.20. The molecule has 0 unspecified atom stereocenters. The monoisotopic (exact) mass is 515 g/mol. The summed E-state index contributed by atoms with van der Waals surface area (Å²) in [6.07, 6.45) is 22.8. The van der Waals surface area contributed by atoms with Gasteiger partial charge < -0.3 is 14.8 Å². The van der Waals surface area contributed by atoms with Crippen LogP contribution in [-0.2, 0) is 25.5 Å². The zero-order valence-corrected chi connectivity index (χ0v) is 20.6. The molecule has 6 aliphatic rings. The van der Waals surface area contributed by atoms with Gasteiger partial charge in [-0.05, 0) is 41.8 Å². The van der Waals surface area contributed by atoms with Gasteiger partial charge in [0.1, 0.15) is 25.0 Å². The highest BCUT2D eigenvalue weighted by molar-refractivity contribution is 6.35. The van der Waals surface area contributed by atoms with Crippen LogP contribution in [0.15, 0.2) is 118 Å². The number of allylic oxidation sites excluding steroid dienone is 5. The molecule has 190 valence electrons. The summed E-state index contributed by atoms with van der Waals surface area (Å²) in [7, 11) is 0. The second kappa shape index (κ2) is 10.5. The molecule has 0 aromatic carbocycles. The van der Waals surface area contributed by atoms with Crippen LogP contribution < -0.4 is 5.32 Å². The average Bonchev–Trinajstić information content (AvgIpc) is 3.31. The van der Waals surface area contributed by atoms with Gasteiger partial charge in [-0.1, -0.05) is 6.08 Å². The van der Waals surface area contributed by atoms with Crippen molar-refractivity contribution < 1.29 is 19.1 Å². The predicted octanol–water partition coefficient (Wildman–Crippen LogP) is 4.31. The Balaban J connectivity index is 1.63. The van der Waals surface area contributed by atoms with Crippen LogP contribution in [0, 0.1) is 0 Å². The van der Waals surface area contributed by atoms with Crippen LogP contribution >= 0.6 is 0 Å². The number of aromatic nitrogens is 1. The summed E-state index contributed by atoms with van der Waals surface area (Å²) in [5, 5.41) is 2.96. The van der Waals surface area contributed by atoms with Crippen LogP contribution in [0.5, 0.6) is 0 Å². The molecule has 0 aromatic heterocycles. The lowest BCUT2D eigenvalue weighted by atomic mass is 9.83. The number of hydrogen-bond acceptors (Lipinski definition) is 9. The molecule has 3 aliphatic heterocycles. The smallest absolute Gasteiger partial charge is 0.173 e. The van der Waals surface area contributed by atoms with Crippen LogP contribution in [0.25, 0.3) is 16.7 Å². The molecule has 3 heterocycles. The molecule has 8 bridgehead atoms. The molecule has 0 amide bonds. The summed E-state index contributed by atoms with van der Waals surface area (Å²) < 4.78 is 10.6. The molecule has 1 N–H and O–H groups in total. The minimum absolute atomic E-state index is 0.279. The Morgan fingerprint density at radius 3 is 2.72 bits per heavy atom. The maximum Gasteiger partial charge on any atom is 0.173 e. The third kappa shape index (κ3) is 4.80. The van der Waals surface area contributed by atoms with E-state index in [1.807, 2.05) is 24.3 Å². The first-order chi connectivity index (χ1) is 19.2. The van der Waals surface area contributed by atoms with Gasteiger partial charge in [-0.15, -0.1) is 0 Å². The molecule has 9 nitrogen and oxygen atoms in total. The second-order valence-corrected chi connectivity index (χ2v) is 8.77. The van der Waals surface area contributed by atoms with Crippen molar-refractivity contribution in [2.24, 2.45) is 15.0 Å². The summed E-state index contributed by atoms with van der Waals surface area (Å²) in [5.74, 6) is -0.636. The largest absolute Gasteiger partial charge is 0.468 e. The van der Waals surface area contributed by atoms with E-state index in [2.05, 4.69) is 25.3 Å². The van der Waals surface area contributed by atoms with Crippen molar-refractivity contribution in [3.8, 4) is 11.1 Å². The Labute approximate surface area is 223 Å². The van der Waals surface area contributed by atoms with E-state index in [9.17, 15) is 9.59 Å². The van der Waals surface area contributed by atoms with Crippen LogP contribution in [0.2, 0.25) is 0 Å². The van der Waals surface area contributed by atoms with E-state index in [0.717, 1.165) is 28.0 Å². The number of hydrogen-bond donors (Lipinski definition) is 1. The fourth-order valence-corrected chi connectivity index (χ4v) is 4.65. The van der Waals surface area contributed by atoms with Crippen molar-refractivity contribution in [1.82, 2.24) is 10.3 Å². The van der Waals surface area contributed by atoms with Crippen LogP contribution in [0.3, 0.4) is 0 Å². The average molecular weight is 516 g/mol. The number of carbonyl (C=O) groups is 2. The van der Waals surface area contributed by atoms with Crippen molar-refractivity contribution in [3.05, 3.63) is 120 Å². The van der Waals surface area contributed by atoms with Crippen molar-refractivity contribution in [1.29, 1.82) is 0 Å². The van der Waals surface area contributed by atoms with Crippen LogP contribution in [0.1, 0.15) is 23.1 Å². The van der Waals surface area contributed by atoms with E-state index in [4.69, 9.17) is 9.47 Å². The van der Waals surface area contributed by atoms with Crippen LogP contribution in [-0.4, -0.2) is 34.7 Å². The van der Waals surface area contributed by atoms with Gasteiger partial charge >= 0.3 is 0 Å². The first kappa shape index (κ1) is 23.9. The van der Waals surface area contributed by atoms with Gasteiger partial charge in [0.15, 0.2) is 11.6 Å². The van der Waals surface area contributed by atoms with Crippen LogP contribution in [0.4, 0.5) is 0 Å². The summed E-state index contributed by atoms with van der Waals surface area (Å²) in [6, 6.07) is 4.02. The number of aliphatic imine (C=N–C) groups is 3. The summed E-state index contributed by atoms with van der Waals surface area (Å²) in [5.41, 5.74) is 6.30. The third-order valence-electron chi connectivity index (χ3n) is 6.35. The fraction of sp³-hybridized carbons (Fsp3) is 0.0667. The zero-order valence-electron chi connectivity index (χ0n) is 20.6. The molecule has 0 spiro atoms. The lowest BCUT2D eigenvalue weighted by Crippen LogP contribution is -2.21. The summed E-state index contributed by atoms with van der Waals surface area (Å²) in [6.45, 7) is 0. The SMILES string of the molecule is O=C1CC(=O)/C2=C\C3=CO/C=C\O/C=C\N/C=C\N=C4\C=CCc5cc(c6cncc-6cc54)C1=C2/N=C/C=N\3. The first-order valence-corrected chi connectivity index (χ1v) is 12.2. The number of Topliss-reactive ketones (excluding diaryl/α,β-unsaturated/α-hetero) is 2. The number of nitrogens with zero attached hydrogens (tertiary/aromatic N) is 4. The molecule has 0 aromatic rings. The first-order valence-electron chi connectivity index (χ1n) is 12.2. The zero-order chi connectivity index (χ0) is 26.6. The molecule has 3 aliphatic carbocycles. The van der Waals surface area contributed by atoms with Gasteiger partial charge in [0.2, 0.25) is 0 Å². The molecule has 0 saturated carbocycles. The van der Waals surface area contributed by atoms with E-state index in [0.29, 0.717) is 29.0 Å². The lowest BCUT2D eigenvalue weighted by molar-refractivity contribution is -0.122. The highest BCUT2D eigenvalue weighted by atomic mass is 16.5. The van der Waals surface area contributed by atoms with E-state index < -0.39 is 0 Å².